The Morgan fingerprint density at radius 3 is 2.77 bits per heavy atom. The second-order valence-corrected chi connectivity index (χ2v) is 7.55. The molecule has 3 rings (SSSR count). The zero-order chi connectivity index (χ0) is 15.7. The van der Waals surface area contributed by atoms with E-state index in [1.54, 1.807) is 12.1 Å². The molecule has 1 saturated carbocycles. The number of nitrogens with one attached hydrogen (secondary N) is 2. The van der Waals surface area contributed by atoms with Crippen LogP contribution in [0.25, 0.3) is 0 Å². The van der Waals surface area contributed by atoms with E-state index >= 15 is 0 Å². The molecule has 0 spiro atoms. The van der Waals surface area contributed by atoms with Crippen LogP contribution < -0.4 is 14.8 Å². The molecule has 0 aromatic heterocycles. The Morgan fingerprint density at radius 1 is 1.27 bits per heavy atom. The average Bonchev–Trinajstić information content (AvgIpc) is 2.49. The topological polar surface area (TPSA) is 79.8 Å². The molecule has 0 radical (unpaired) electrons. The van der Waals surface area contributed by atoms with Gasteiger partial charge >= 0.3 is 0 Å². The van der Waals surface area contributed by atoms with Crippen LogP contribution in [0.4, 0.5) is 5.69 Å². The normalized spacial score (nSPS) is 28.4. The van der Waals surface area contributed by atoms with Crippen LogP contribution in [-0.4, -0.2) is 27.5 Å². The van der Waals surface area contributed by atoms with Gasteiger partial charge in [0.15, 0.2) is 0 Å². The van der Waals surface area contributed by atoms with Crippen LogP contribution in [0.5, 0.6) is 5.75 Å². The van der Waals surface area contributed by atoms with Gasteiger partial charge < -0.3 is 10.1 Å². The number of anilines is 1. The van der Waals surface area contributed by atoms with E-state index in [2.05, 4.69) is 22.0 Å². The predicted octanol–water partition coefficient (Wildman–Crippen LogP) is 2.33. The Balaban J connectivity index is 1.92. The Morgan fingerprint density at radius 2 is 2.05 bits per heavy atom. The summed E-state index contributed by atoms with van der Waals surface area (Å²) in [5, 5.41) is 3.08. The summed E-state index contributed by atoms with van der Waals surface area (Å²) in [6, 6.07) is 5.10. The number of rotatable bonds is 2. The molecule has 1 fully saturated rings. The van der Waals surface area contributed by atoms with Crippen molar-refractivity contribution in [3.8, 4) is 5.75 Å². The lowest BCUT2D eigenvalue weighted by Crippen LogP contribution is -2.42. The molecule has 0 bridgehead atoms. The van der Waals surface area contributed by atoms with Crippen molar-refractivity contribution in [3.63, 3.8) is 0 Å². The highest BCUT2D eigenvalue weighted by atomic mass is 32.2. The molecule has 0 amide bonds. The molecular formula is C15H21N3O3S. The van der Waals surface area contributed by atoms with Gasteiger partial charge in [-0.05, 0) is 30.9 Å². The molecule has 2 unspecified atom stereocenters. The van der Waals surface area contributed by atoms with Gasteiger partial charge in [-0.2, -0.15) is 0 Å². The van der Waals surface area contributed by atoms with Gasteiger partial charge in [0.1, 0.15) is 10.6 Å². The van der Waals surface area contributed by atoms with Gasteiger partial charge in [-0.15, -0.1) is 0 Å². The fourth-order valence-corrected chi connectivity index (χ4v) is 4.15. The van der Waals surface area contributed by atoms with Crippen molar-refractivity contribution < 1.29 is 13.2 Å². The third kappa shape index (κ3) is 2.90. The molecule has 2 aliphatic rings. The number of guanidine groups is 1. The molecule has 1 aliphatic carbocycles. The molecule has 6 nitrogen and oxygen atoms in total. The van der Waals surface area contributed by atoms with Crippen molar-refractivity contribution in [1.82, 2.24) is 4.72 Å². The van der Waals surface area contributed by atoms with Gasteiger partial charge in [0.25, 0.3) is 10.0 Å². The van der Waals surface area contributed by atoms with E-state index in [9.17, 15) is 8.42 Å². The second-order valence-electron chi connectivity index (χ2n) is 5.90. The SMILES string of the molecule is COc1ccc2c(c1)S(=O)(=O)NC(=NC1CCCCC1C)N2. The van der Waals surface area contributed by atoms with Gasteiger partial charge in [0.05, 0.1) is 18.8 Å². The first-order chi connectivity index (χ1) is 10.5. The van der Waals surface area contributed by atoms with Crippen LogP contribution in [0.15, 0.2) is 28.1 Å². The first-order valence-corrected chi connectivity index (χ1v) is 9.03. The number of hydrogen-bond donors (Lipinski definition) is 2. The van der Waals surface area contributed by atoms with E-state index in [1.807, 2.05) is 0 Å². The minimum Gasteiger partial charge on any atom is -0.497 e. The molecule has 22 heavy (non-hydrogen) atoms. The quantitative estimate of drug-likeness (QED) is 0.875. The van der Waals surface area contributed by atoms with Gasteiger partial charge in [0.2, 0.25) is 5.96 Å². The molecule has 2 N–H and O–H groups in total. The number of ether oxygens (including phenoxy) is 1. The number of nitrogens with zero attached hydrogens (tertiary/aromatic N) is 1. The zero-order valence-corrected chi connectivity index (χ0v) is 13.6. The molecule has 2 atom stereocenters. The van der Waals surface area contributed by atoms with Crippen LogP contribution in [0.2, 0.25) is 0 Å². The first kappa shape index (κ1) is 15.1. The smallest absolute Gasteiger partial charge is 0.266 e. The zero-order valence-electron chi connectivity index (χ0n) is 12.8. The van der Waals surface area contributed by atoms with Crippen molar-refractivity contribution in [2.45, 2.75) is 43.5 Å². The fourth-order valence-electron chi connectivity index (χ4n) is 3.00. The van der Waals surface area contributed by atoms with Crippen molar-refractivity contribution in [2.24, 2.45) is 10.9 Å². The van der Waals surface area contributed by atoms with Crippen LogP contribution in [-0.2, 0) is 10.0 Å². The summed E-state index contributed by atoms with van der Waals surface area (Å²) in [4.78, 5) is 4.78. The van der Waals surface area contributed by atoms with Crippen LogP contribution in [0, 0.1) is 5.92 Å². The fraction of sp³-hybridized carbons (Fsp3) is 0.533. The number of methoxy groups -OCH3 is 1. The Bertz CT molecular complexity index is 700. The van der Waals surface area contributed by atoms with Gasteiger partial charge in [0, 0.05) is 6.07 Å². The van der Waals surface area contributed by atoms with Crippen LogP contribution in [0.3, 0.4) is 0 Å². The van der Waals surface area contributed by atoms with E-state index in [-0.39, 0.29) is 10.9 Å². The number of sulfonamides is 1. The summed E-state index contributed by atoms with van der Waals surface area (Å²) in [6.45, 7) is 2.17. The lowest BCUT2D eigenvalue weighted by atomic mass is 9.86. The van der Waals surface area contributed by atoms with E-state index in [1.165, 1.54) is 19.6 Å². The molecule has 1 aromatic rings. The summed E-state index contributed by atoms with van der Waals surface area (Å²) < 4.78 is 32.4. The van der Waals surface area contributed by atoms with Crippen molar-refractivity contribution in [2.75, 3.05) is 12.4 Å². The highest BCUT2D eigenvalue weighted by Gasteiger charge is 2.29. The molecule has 0 saturated heterocycles. The monoisotopic (exact) mass is 323 g/mol. The Hall–Kier alpha value is -1.76. The van der Waals surface area contributed by atoms with Gasteiger partial charge in [-0.1, -0.05) is 19.8 Å². The number of fused-ring (bicyclic) bond motifs is 1. The number of aliphatic imine (C=N–C) groups is 1. The van der Waals surface area contributed by atoms with Gasteiger partial charge in [-0.25, -0.2) is 18.1 Å². The third-order valence-electron chi connectivity index (χ3n) is 4.32. The van der Waals surface area contributed by atoms with Crippen LogP contribution >= 0.6 is 0 Å². The molecule has 1 heterocycles. The van der Waals surface area contributed by atoms with E-state index in [0.29, 0.717) is 23.3 Å². The van der Waals surface area contributed by atoms with Gasteiger partial charge in [-0.3, -0.25) is 0 Å². The van der Waals surface area contributed by atoms with E-state index in [0.717, 1.165) is 19.3 Å². The molecular weight excluding hydrogens is 302 g/mol. The maximum atomic E-state index is 12.4. The Kier molecular flexibility index (Phi) is 3.99. The van der Waals surface area contributed by atoms with Crippen molar-refractivity contribution in [1.29, 1.82) is 0 Å². The lowest BCUT2D eigenvalue weighted by Gasteiger charge is -2.28. The average molecular weight is 323 g/mol. The second kappa shape index (κ2) is 5.79. The van der Waals surface area contributed by atoms with Crippen molar-refractivity contribution in [3.05, 3.63) is 18.2 Å². The summed E-state index contributed by atoms with van der Waals surface area (Å²) in [5.74, 6) is 1.30. The standard InChI is InChI=1S/C15H21N3O3S/c1-10-5-3-4-6-12(10)16-15-17-13-8-7-11(21-2)9-14(13)22(19,20)18-15/h7-10,12H,3-6H2,1-2H3,(H2,16,17,18). The molecule has 1 aromatic carbocycles. The maximum Gasteiger partial charge on any atom is 0.266 e. The summed E-state index contributed by atoms with van der Waals surface area (Å²) >= 11 is 0. The summed E-state index contributed by atoms with van der Waals surface area (Å²) in [7, 11) is -2.11. The third-order valence-corrected chi connectivity index (χ3v) is 5.70. The maximum absolute atomic E-state index is 12.4. The van der Waals surface area contributed by atoms with Crippen LogP contribution in [0.1, 0.15) is 32.6 Å². The highest BCUT2D eigenvalue weighted by molar-refractivity contribution is 7.90. The molecule has 7 heteroatoms. The number of hydrogen-bond acceptors (Lipinski definition) is 4. The molecule has 1 aliphatic heterocycles. The summed E-state index contributed by atoms with van der Waals surface area (Å²) in [5.41, 5.74) is 0.529. The van der Waals surface area contributed by atoms with E-state index < -0.39 is 10.0 Å². The summed E-state index contributed by atoms with van der Waals surface area (Å²) in [6.07, 6.45) is 4.52. The van der Waals surface area contributed by atoms with E-state index in [4.69, 9.17) is 4.74 Å². The first-order valence-electron chi connectivity index (χ1n) is 7.55. The largest absolute Gasteiger partial charge is 0.497 e. The lowest BCUT2D eigenvalue weighted by molar-refractivity contribution is 0.332. The number of benzene rings is 1. The predicted molar refractivity (Wildman–Crippen MR) is 85.8 cm³/mol. The van der Waals surface area contributed by atoms with Crippen molar-refractivity contribution >= 4 is 21.7 Å². The Labute approximate surface area is 131 Å². The minimum atomic E-state index is -3.62. The minimum absolute atomic E-state index is 0.166. The highest BCUT2D eigenvalue weighted by Crippen LogP contribution is 2.30. The molecule has 120 valence electrons.